The van der Waals surface area contributed by atoms with Gasteiger partial charge in [-0.2, -0.15) is 0 Å². The van der Waals surface area contributed by atoms with Crippen molar-refractivity contribution in [1.82, 2.24) is 4.98 Å². The maximum Gasteiger partial charge on any atom is 0.132 e. The highest BCUT2D eigenvalue weighted by atomic mass is 15.2. The number of pyridine rings is 1. The average Bonchev–Trinajstić information content (AvgIpc) is 2.43. The standard InChI is InChI=1S/C17H25N3/c1-4-10-20(5-2)17-15(11-13(3)18)12-14-8-6-7-9-16(14)19-17/h6-9,12-13H,4-5,10-11,18H2,1-3H3. The van der Waals surface area contributed by atoms with Crippen molar-refractivity contribution in [3.63, 3.8) is 0 Å². The maximum atomic E-state index is 6.01. The Kier molecular flexibility index (Phi) is 4.96. The van der Waals surface area contributed by atoms with Crippen molar-refractivity contribution in [3.05, 3.63) is 35.9 Å². The van der Waals surface area contributed by atoms with Crippen LogP contribution in [0.4, 0.5) is 5.82 Å². The normalized spacial score (nSPS) is 12.6. The summed E-state index contributed by atoms with van der Waals surface area (Å²) < 4.78 is 0. The van der Waals surface area contributed by atoms with Gasteiger partial charge in [-0.15, -0.1) is 0 Å². The van der Waals surface area contributed by atoms with Crippen LogP contribution in [-0.2, 0) is 6.42 Å². The van der Waals surface area contributed by atoms with Gasteiger partial charge in [0, 0.05) is 24.5 Å². The second-order valence-electron chi connectivity index (χ2n) is 5.42. The molecule has 0 radical (unpaired) electrons. The van der Waals surface area contributed by atoms with Gasteiger partial charge >= 0.3 is 0 Å². The first-order valence-electron chi connectivity index (χ1n) is 7.54. The number of nitrogens with zero attached hydrogens (tertiary/aromatic N) is 2. The number of aromatic nitrogens is 1. The largest absolute Gasteiger partial charge is 0.357 e. The van der Waals surface area contributed by atoms with Crippen molar-refractivity contribution in [3.8, 4) is 0 Å². The summed E-state index contributed by atoms with van der Waals surface area (Å²) in [6.45, 7) is 8.45. The lowest BCUT2D eigenvalue weighted by molar-refractivity contribution is 0.721. The van der Waals surface area contributed by atoms with Crippen molar-refractivity contribution in [2.24, 2.45) is 5.73 Å². The number of anilines is 1. The molecular formula is C17H25N3. The van der Waals surface area contributed by atoms with Crippen molar-refractivity contribution in [1.29, 1.82) is 0 Å². The van der Waals surface area contributed by atoms with Gasteiger partial charge < -0.3 is 10.6 Å². The summed E-state index contributed by atoms with van der Waals surface area (Å²) in [6, 6.07) is 10.7. The third kappa shape index (κ3) is 3.28. The van der Waals surface area contributed by atoms with E-state index in [4.69, 9.17) is 10.7 Å². The second-order valence-corrected chi connectivity index (χ2v) is 5.42. The van der Waals surface area contributed by atoms with Crippen LogP contribution in [0.25, 0.3) is 10.9 Å². The van der Waals surface area contributed by atoms with E-state index in [2.05, 4.69) is 49.9 Å². The molecule has 1 aromatic carbocycles. The zero-order valence-corrected chi connectivity index (χ0v) is 12.8. The number of para-hydroxylation sites is 1. The molecule has 3 nitrogen and oxygen atoms in total. The van der Waals surface area contributed by atoms with Gasteiger partial charge in [0.05, 0.1) is 5.52 Å². The molecule has 0 aliphatic rings. The SMILES string of the molecule is CCCN(CC)c1nc2ccccc2cc1CC(C)N. The van der Waals surface area contributed by atoms with Crippen LogP contribution in [0.5, 0.6) is 0 Å². The third-order valence-corrected chi connectivity index (χ3v) is 3.50. The molecule has 1 aromatic heterocycles. The van der Waals surface area contributed by atoms with Crippen LogP contribution in [0.2, 0.25) is 0 Å². The molecule has 0 fully saturated rings. The molecule has 108 valence electrons. The fraction of sp³-hybridized carbons (Fsp3) is 0.471. The molecule has 0 spiro atoms. The molecular weight excluding hydrogens is 246 g/mol. The number of hydrogen-bond acceptors (Lipinski definition) is 3. The molecule has 2 N–H and O–H groups in total. The molecule has 2 rings (SSSR count). The Morgan fingerprint density at radius 2 is 2.00 bits per heavy atom. The van der Waals surface area contributed by atoms with Crippen LogP contribution in [0.15, 0.2) is 30.3 Å². The Hall–Kier alpha value is -1.61. The Balaban J connectivity index is 2.52. The van der Waals surface area contributed by atoms with E-state index in [-0.39, 0.29) is 6.04 Å². The van der Waals surface area contributed by atoms with Crippen molar-refractivity contribution < 1.29 is 0 Å². The summed E-state index contributed by atoms with van der Waals surface area (Å²) in [6.07, 6.45) is 1.99. The van der Waals surface area contributed by atoms with E-state index in [9.17, 15) is 0 Å². The number of rotatable bonds is 6. The van der Waals surface area contributed by atoms with Gasteiger partial charge in [-0.1, -0.05) is 25.1 Å². The lowest BCUT2D eigenvalue weighted by Gasteiger charge is -2.25. The molecule has 1 unspecified atom stereocenters. The first kappa shape index (κ1) is 14.8. The molecule has 0 saturated heterocycles. The summed E-state index contributed by atoms with van der Waals surface area (Å²) >= 11 is 0. The van der Waals surface area contributed by atoms with E-state index in [0.717, 1.165) is 37.3 Å². The smallest absolute Gasteiger partial charge is 0.132 e. The highest BCUT2D eigenvalue weighted by Crippen LogP contribution is 2.24. The number of benzene rings is 1. The van der Waals surface area contributed by atoms with Gasteiger partial charge in [0.25, 0.3) is 0 Å². The first-order valence-corrected chi connectivity index (χ1v) is 7.54. The van der Waals surface area contributed by atoms with E-state index < -0.39 is 0 Å². The summed E-state index contributed by atoms with van der Waals surface area (Å²) in [4.78, 5) is 7.24. The van der Waals surface area contributed by atoms with Crippen molar-refractivity contribution >= 4 is 16.7 Å². The molecule has 1 atom stereocenters. The summed E-state index contributed by atoms with van der Waals surface area (Å²) in [7, 11) is 0. The van der Waals surface area contributed by atoms with E-state index in [0.29, 0.717) is 0 Å². The summed E-state index contributed by atoms with van der Waals surface area (Å²) in [5, 5.41) is 1.19. The first-order chi connectivity index (χ1) is 9.65. The number of hydrogen-bond donors (Lipinski definition) is 1. The molecule has 1 heterocycles. The lowest BCUT2D eigenvalue weighted by atomic mass is 10.0. The molecule has 0 saturated carbocycles. The average molecular weight is 271 g/mol. The minimum atomic E-state index is 0.150. The summed E-state index contributed by atoms with van der Waals surface area (Å²) in [5.74, 6) is 1.10. The molecule has 0 amide bonds. The van der Waals surface area contributed by atoms with Crippen LogP contribution in [0.3, 0.4) is 0 Å². The van der Waals surface area contributed by atoms with Crippen LogP contribution >= 0.6 is 0 Å². The Morgan fingerprint density at radius 3 is 2.65 bits per heavy atom. The molecule has 20 heavy (non-hydrogen) atoms. The van der Waals surface area contributed by atoms with Crippen LogP contribution < -0.4 is 10.6 Å². The van der Waals surface area contributed by atoms with Crippen molar-refractivity contribution in [2.75, 3.05) is 18.0 Å². The zero-order valence-electron chi connectivity index (χ0n) is 12.8. The predicted octanol–water partition coefficient (Wildman–Crippen LogP) is 3.36. The topological polar surface area (TPSA) is 42.2 Å². The van der Waals surface area contributed by atoms with E-state index >= 15 is 0 Å². The Bertz CT molecular complexity index is 563. The monoisotopic (exact) mass is 271 g/mol. The Labute approximate surface area is 121 Å². The fourth-order valence-corrected chi connectivity index (χ4v) is 2.60. The highest BCUT2D eigenvalue weighted by molar-refractivity contribution is 5.81. The highest BCUT2D eigenvalue weighted by Gasteiger charge is 2.13. The van der Waals surface area contributed by atoms with Crippen molar-refractivity contribution in [2.45, 2.75) is 39.7 Å². The molecule has 0 bridgehead atoms. The number of fused-ring (bicyclic) bond motifs is 1. The second kappa shape index (κ2) is 6.71. The molecule has 3 heteroatoms. The molecule has 0 aliphatic heterocycles. The van der Waals surface area contributed by atoms with Gasteiger partial charge in [0.1, 0.15) is 5.82 Å². The maximum absolute atomic E-state index is 6.01. The van der Waals surface area contributed by atoms with Crippen LogP contribution in [-0.4, -0.2) is 24.1 Å². The minimum Gasteiger partial charge on any atom is -0.357 e. The van der Waals surface area contributed by atoms with Gasteiger partial charge in [-0.05, 0) is 44.4 Å². The minimum absolute atomic E-state index is 0.150. The van der Waals surface area contributed by atoms with Gasteiger partial charge in [0.2, 0.25) is 0 Å². The van der Waals surface area contributed by atoms with Gasteiger partial charge in [-0.25, -0.2) is 4.98 Å². The van der Waals surface area contributed by atoms with Crippen LogP contribution in [0, 0.1) is 0 Å². The van der Waals surface area contributed by atoms with Gasteiger partial charge in [0.15, 0.2) is 0 Å². The predicted molar refractivity (Wildman–Crippen MR) is 87.3 cm³/mol. The van der Waals surface area contributed by atoms with Crippen LogP contribution in [0.1, 0.15) is 32.8 Å². The van der Waals surface area contributed by atoms with E-state index in [1.165, 1.54) is 10.9 Å². The lowest BCUT2D eigenvalue weighted by Crippen LogP contribution is -2.27. The number of nitrogens with two attached hydrogens (primary N) is 1. The quantitative estimate of drug-likeness (QED) is 0.876. The fourth-order valence-electron chi connectivity index (χ4n) is 2.60. The zero-order chi connectivity index (χ0) is 14.5. The van der Waals surface area contributed by atoms with E-state index in [1.54, 1.807) is 0 Å². The molecule has 0 aliphatic carbocycles. The van der Waals surface area contributed by atoms with E-state index in [1.807, 2.05) is 6.07 Å². The third-order valence-electron chi connectivity index (χ3n) is 3.50. The summed E-state index contributed by atoms with van der Waals surface area (Å²) in [5.41, 5.74) is 8.33. The Morgan fingerprint density at radius 1 is 1.25 bits per heavy atom. The molecule has 2 aromatic rings. The van der Waals surface area contributed by atoms with Gasteiger partial charge in [-0.3, -0.25) is 0 Å².